The van der Waals surface area contributed by atoms with Crippen LogP contribution in [0.15, 0.2) is 55.0 Å². The van der Waals surface area contributed by atoms with Crippen LogP contribution in [0, 0.1) is 13.8 Å². The predicted octanol–water partition coefficient (Wildman–Crippen LogP) is 6.14. The standard InChI is InChI=1S/C18H21N3O.C2H6.CH4/c1-5-7-9-15(8-6-2)21(22)18-16-10-13(3)14(4)11-17(16)19-12-20-18;1-2;/h6-12,22H,2,5H2,1,3-4H3;1-2H3;1H4/b9-7-,15-8+;;. The molecule has 0 amide bonds. The Kier molecular flexibility index (Phi) is 10.1. The van der Waals surface area contributed by atoms with Gasteiger partial charge in [-0.2, -0.15) is 0 Å². The van der Waals surface area contributed by atoms with E-state index in [0.717, 1.165) is 33.5 Å². The van der Waals surface area contributed by atoms with Crippen molar-refractivity contribution in [1.29, 1.82) is 0 Å². The summed E-state index contributed by atoms with van der Waals surface area (Å²) in [6, 6.07) is 4.00. The molecule has 4 heteroatoms. The lowest BCUT2D eigenvalue weighted by molar-refractivity contribution is 0.285. The van der Waals surface area contributed by atoms with Crippen molar-refractivity contribution < 1.29 is 5.21 Å². The Balaban J connectivity index is 0.00000185. The van der Waals surface area contributed by atoms with Gasteiger partial charge in [0.05, 0.1) is 11.2 Å². The lowest BCUT2D eigenvalue weighted by Crippen LogP contribution is -2.18. The first-order chi connectivity index (χ1) is 11.6. The number of anilines is 1. The molecular formula is C21H31N3O. The summed E-state index contributed by atoms with van der Waals surface area (Å²) in [5.41, 5.74) is 3.71. The lowest BCUT2D eigenvalue weighted by Gasteiger charge is -2.18. The number of allylic oxidation sites excluding steroid dienone is 4. The van der Waals surface area contributed by atoms with Crippen LogP contribution in [0.4, 0.5) is 5.82 Å². The molecule has 2 aromatic rings. The van der Waals surface area contributed by atoms with E-state index in [1.54, 1.807) is 12.2 Å². The molecule has 0 bridgehead atoms. The molecule has 2 rings (SSSR count). The number of hydrogen-bond donors (Lipinski definition) is 1. The third kappa shape index (κ3) is 5.54. The highest BCUT2D eigenvalue weighted by Crippen LogP contribution is 2.27. The molecule has 4 nitrogen and oxygen atoms in total. The normalized spacial score (nSPS) is 10.9. The van der Waals surface area contributed by atoms with Gasteiger partial charge >= 0.3 is 0 Å². The third-order valence-corrected chi connectivity index (χ3v) is 3.49. The summed E-state index contributed by atoms with van der Waals surface area (Å²) in [5, 5.41) is 12.5. The van der Waals surface area contributed by atoms with Gasteiger partial charge in [0.25, 0.3) is 0 Å². The molecule has 0 aliphatic carbocycles. The smallest absolute Gasteiger partial charge is 0.168 e. The zero-order valence-corrected chi connectivity index (χ0v) is 15.2. The Morgan fingerprint density at radius 2 is 1.84 bits per heavy atom. The molecule has 1 aromatic carbocycles. The van der Waals surface area contributed by atoms with E-state index in [2.05, 4.69) is 16.5 Å². The molecule has 1 N–H and O–H groups in total. The zero-order chi connectivity index (χ0) is 18.1. The summed E-state index contributed by atoms with van der Waals surface area (Å²) in [5.74, 6) is 0.460. The Bertz CT molecular complexity index is 748. The van der Waals surface area contributed by atoms with E-state index in [1.165, 1.54) is 6.33 Å². The first kappa shape index (κ1) is 22.5. The summed E-state index contributed by atoms with van der Waals surface area (Å²) < 4.78 is 0. The summed E-state index contributed by atoms with van der Waals surface area (Å²) >= 11 is 0. The van der Waals surface area contributed by atoms with Crippen molar-refractivity contribution in [3.63, 3.8) is 0 Å². The Hall–Kier alpha value is -2.46. The summed E-state index contributed by atoms with van der Waals surface area (Å²) in [4.78, 5) is 8.53. The van der Waals surface area contributed by atoms with Gasteiger partial charge in [-0.25, -0.2) is 15.0 Å². The van der Waals surface area contributed by atoms with Crippen molar-refractivity contribution in [2.75, 3.05) is 5.06 Å². The van der Waals surface area contributed by atoms with Crippen LogP contribution >= 0.6 is 0 Å². The second-order valence-corrected chi connectivity index (χ2v) is 5.10. The minimum absolute atomic E-state index is 0. The Labute approximate surface area is 152 Å². The Morgan fingerprint density at radius 1 is 1.20 bits per heavy atom. The van der Waals surface area contributed by atoms with Gasteiger partial charge in [-0.3, -0.25) is 5.21 Å². The molecule has 0 radical (unpaired) electrons. The van der Waals surface area contributed by atoms with Crippen LogP contribution in [0.3, 0.4) is 0 Å². The van der Waals surface area contributed by atoms with Gasteiger partial charge in [-0.05, 0) is 55.7 Å². The van der Waals surface area contributed by atoms with Gasteiger partial charge in [-0.1, -0.05) is 46.9 Å². The highest BCUT2D eigenvalue weighted by molar-refractivity contribution is 5.90. The topological polar surface area (TPSA) is 49.2 Å². The molecule has 1 heterocycles. The van der Waals surface area contributed by atoms with E-state index in [-0.39, 0.29) is 7.43 Å². The largest absolute Gasteiger partial charge is 0.282 e. The summed E-state index contributed by atoms with van der Waals surface area (Å²) in [6.07, 6.45) is 9.53. The molecule has 0 atom stereocenters. The fourth-order valence-electron chi connectivity index (χ4n) is 2.15. The molecular weight excluding hydrogens is 310 g/mol. The van der Waals surface area contributed by atoms with E-state index < -0.39 is 0 Å². The molecule has 0 saturated carbocycles. The van der Waals surface area contributed by atoms with Crippen molar-refractivity contribution in [2.45, 2.75) is 48.5 Å². The number of benzene rings is 1. The van der Waals surface area contributed by atoms with Crippen LogP contribution in [0.25, 0.3) is 10.9 Å². The number of rotatable bonds is 5. The van der Waals surface area contributed by atoms with E-state index in [0.29, 0.717) is 11.5 Å². The van der Waals surface area contributed by atoms with E-state index in [1.807, 2.05) is 58.9 Å². The molecule has 0 spiro atoms. The molecule has 0 unspecified atom stereocenters. The van der Waals surface area contributed by atoms with E-state index in [4.69, 9.17) is 0 Å². The number of hydrogen-bond acceptors (Lipinski definition) is 4. The lowest BCUT2D eigenvalue weighted by atomic mass is 10.1. The van der Waals surface area contributed by atoms with Crippen LogP contribution in [0.1, 0.15) is 45.7 Å². The van der Waals surface area contributed by atoms with Crippen molar-refractivity contribution in [3.8, 4) is 0 Å². The van der Waals surface area contributed by atoms with Gasteiger partial charge < -0.3 is 0 Å². The quantitative estimate of drug-likeness (QED) is 0.524. The van der Waals surface area contributed by atoms with E-state index in [9.17, 15) is 5.21 Å². The molecule has 0 fully saturated rings. The fraction of sp³-hybridized carbons (Fsp3) is 0.333. The maximum absolute atomic E-state index is 10.6. The van der Waals surface area contributed by atoms with Gasteiger partial charge in [0.1, 0.15) is 6.33 Å². The van der Waals surface area contributed by atoms with Crippen molar-refractivity contribution in [3.05, 3.63) is 66.2 Å². The predicted molar refractivity (Wildman–Crippen MR) is 109 cm³/mol. The molecule has 0 saturated heterocycles. The van der Waals surface area contributed by atoms with E-state index >= 15 is 0 Å². The van der Waals surface area contributed by atoms with Gasteiger partial charge in [0.15, 0.2) is 5.82 Å². The highest BCUT2D eigenvalue weighted by atomic mass is 16.5. The molecule has 0 aliphatic rings. The highest BCUT2D eigenvalue weighted by Gasteiger charge is 2.13. The third-order valence-electron chi connectivity index (χ3n) is 3.49. The van der Waals surface area contributed by atoms with Crippen LogP contribution in [-0.2, 0) is 0 Å². The number of fused-ring (bicyclic) bond motifs is 1. The Morgan fingerprint density at radius 3 is 2.44 bits per heavy atom. The second-order valence-electron chi connectivity index (χ2n) is 5.10. The fourth-order valence-corrected chi connectivity index (χ4v) is 2.15. The average molecular weight is 341 g/mol. The molecule has 0 aliphatic heterocycles. The SMILES string of the molecule is C.C=C/C=C(\C=C/CC)N(O)c1ncnc2cc(C)c(C)cc12.CC. The minimum Gasteiger partial charge on any atom is -0.282 e. The van der Waals surface area contributed by atoms with Gasteiger partial charge in [0.2, 0.25) is 0 Å². The van der Waals surface area contributed by atoms with Crippen molar-refractivity contribution in [1.82, 2.24) is 9.97 Å². The first-order valence-corrected chi connectivity index (χ1v) is 8.28. The minimum atomic E-state index is 0. The number of aryl methyl sites for hydroxylation is 2. The number of hydroxylamine groups is 1. The maximum Gasteiger partial charge on any atom is 0.168 e. The van der Waals surface area contributed by atoms with Crippen LogP contribution in [0.2, 0.25) is 0 Å². The molecule has 1 aromatic heterocycles. The summed E-state index contributed by atoms with van der Waals surface area (Å²) in [6.45, 7) is 13.8. The number of aromatic nitrogens is 2. The van der Waals surface area contributed by atoms with Gasteiger partial charge in [0, 0.05) is 5.39 Å². The average Bonchev–Trinajstić information content (AvgIpc) is 2.60. The molecule has 25 heavy (non-hydrogen) atoms. The van der Waals surface area contributed by atoms with Crippen LogP contribution in [0.5, 0.6) is 0 Å². The first-order valence-electron chi connectivity index (χ1n) is 8.28. The van der Waals surface area contributed by atoms with Crippen molar-refractivity contribution in [2.24, 2.45) is 0 Å². The van der Waals surface area contributed by atoms with Crippen LogP contribution in [-0.4, -0.2) is 15.2 Å². The second kappa shape index (κ2) is 11.2. The molecule has 136 valence electrons. The monoisotopic (exact) mass is 341 g/mol. The van der Waals surface area contributed by atoms with Crippen molar-refractivity contribution >= 4 is 16.7 Å². The maximum atomic E-state index is 10.6. The number of nitrogens with zero attached hydrogens (tertiary/aromatic N) is 3. The zero-order valence-electron chi connectivity index (χ0n) is 15.2. The van der Waals surface area contributed by atoms with Crippen LogP contribution < -0.4 is 5.06 Å². The van der Waals surface area contributed by atoms with Gasteiger partial charge in [-0.15, -0.1) is 0 Å². The summed E-state index contributed by atoms with van der Waals surface area (Å²) in [7, 11) is 0.